The number of hydrogen-bond donors (Lipinski definition) is 3. The van der Waals surface area contributed by atoms with Crippen molar-refractivity contribution < 1.29 is 14.3 Å². The standard InChI is InChI=1S/C20H29N3O3/c21-20(9-11-26-12-10-20)19(25)22-14-15-5-4-8-17(13-15)23-18(24)16-6-2-1-3-7-16/h4-5,8,13,16H,1-3,6-7,9-12,14,21H2,(H,22,25)(H,23,24). The van der Waals surface area contributed by atoms with Crippen LogP contribution >= 0.6 is 0 Å². The molecule has 2 amide bonds. The SMILES string of the molecule is NC1(C(=O)NCc2cccc(NC(=O)C3CCCCC3)c2)CCOCC1. The maximum atomic E-state index is 12.4. The predicted octanol–water partition coefficient (Wildman–Crippen LogP) is 2.33. The molecule has 4 N–H and O–H groups in total. The zero-order valence-electron chi connectivity index (χ0n) is 15.3. The summed E-state index contributed by atoms with van der Waals surface area (Å²) in [6.07, 6.45) is 6.53. The zero-order valence-corrected chi connectivity index (χ0v) is 15.3. The van der Waals surface area contributed by atoms with Crippen LogP contribution in [0.4, 0.5) is 5.69 Å². The summed E-state index contributed by atoms with van der Waals surface area (Å²) >= 11 is 0. The van der Waals surface area contributed by atoms with E-state index in [1.54, 1.807) is 0 Å². The van der Waals surface area contributed by atoms with Crippen LogP contribution < -0.4 is 16.4 Å². The summed E-state index contributed by atoms with van der Waals surface area (Å²) < 4.78 is 5.28. The predicted molar refractivity (Wildman–Crippen MR) is 100 cm³/mol. The minimum absolute atomic E-state index is 0.106. The molecule has 1 saturated heterocycles. The van der Waals surface area contributed by atoms with Crippen molar-refractivity contribution in [3.8, 4) is 0 Å². The average Bonchev–Trinajstić information content (AvgIpc) is 2.67. The van der Waals surface area contributed by atoms with Gasteiger partial charge in [0.05, 0.1) is 5.54 Å². The minimum atomic E-state index is -0.842. The van der Waals surface area contributed by atoms with Gasteiger partial charge in [0.2, 0.25) is 11.8 Å². The Morgan fingerprint density at radius 1 is 1.15 bits per heavy atom. The summed E-state index contributed by atoms with van der Waals surface area (Å²) in [5.41, 5.74) is 7.07. The van der Waals surface area contributed by atoms with Crippen molar-refractivity contribution in [2.45, 2.75) is 57.0 Å². The van der Waals surface area contributed by atoms with E-state index in [1.807, 2.05) is 24.3 Å². The van der Waals surface area contributed by atoms with Crippen LogP contribution in [0.15, 0.2) is 24.3 Å². The fourth-order valence-corrected chi connectivity index (χ4v) is 3.69. The summed E-state index contributed by atoms with van der Waals surface area (Å²) in [5.74, 6) is 0.0872. The van der Waals surface area contributed by atoms with E-state index in [2.05, 4.69) is 10.6 Å². The van der Waals surface area contributed by atoms with Gasteiger partial charge in [0.15, 0.2) is 0 Å². The molecule has 1 heterocycles. The molecule has 1 saturated carbocycles. The normalized spacial score (nSPS) is 20.3. The second-order valence-corrected chi connectivity index (χ2v) is 7.48. The first-order chi connectivity index (χ1) is 12.6. The van der Waals surface area contributed by atoms with Crippen molar-refractivity contribution in [2.75, 3.05) is 18.5 Å². The number of rotatable bonds is 5. The number of carbonyl (C=O) groups excluding carboxylic acids is 2. The molecule has 0 spiro atoms. The third kappa shape index (κ3) is 4.83. The molecule has 0 aromatic heterocycles. The lowest BCUT2D eigenvalue weighted by atomic mass is 9.88. The quantitative estimate of drug-likeness (QED) is 0.752. The van der Waals surface area contributed by atoms with Crippen molar-refractivity contribution in [1.82, 2.24) is 5.32 Å². The van der Waals surface area contributed by atoms with Gasteiger partial charge in [-0.1, -0.05) is 31.4 Å². The third-order valence-corrected chi connectivity index (χ3v) is 5.46. The maximum absolute atomic E-state index is 12.4. The molecule has 1 aromatic rings. The van der Waals surface area contributed by atoms with Gasteiger partial charge in [-0.3, -0.25) is 9.59 Å². The molecular formula is C20H29N3O3. The summed E-state index contributed by atoms with van der Waals surface area (Å²) in [4.78, 5) is 24.8. The molecule has 0 radical (unpaired) electrons. The van der Waals surface area contributed by atoms with Gasteiger partial charge in [0.1, 0.15) is 0 Å². The smallest absolute Gasteiger partial charge is 0.240 e. The molecular weight excluding hydrogens is 330 g/mol. The molecule has 0 atom stereocenters. The Bertz CT molecular complexity index is 635. The van der Waals surface area contributed by atoms with Crippen LogP contribution in [0.25, 0.3) is 0 Å². The van der Waals surface area contributed by atoms with Crippen molar-refractivity contribution in [3.63, 3.8) is 0 Å². The third-order valence-electron chi connectivity index (χ3n) is 5.46. The first-order valence-corrected chi connectivity index (χ1v) is 9.62. The van der Waals surface area contributed by atoms with Crippen LogP contribution in [0.5, 0.6) is 0 Å². The Kier molecular flexibility index (Phi) is 6.27. The highest BCUT2D eigenvalue weighted by atomic mass is 16.5. The second kappa shape index (κ2) is 8.64. The number of ether oxygens (including phenoxy) is 1. The number of anilines is 1. The number of nitrogens with one attached hydrogen (secondary N) is 2. The first kappa shape index (κ1) is 18.9. The lowest BCUT2D eigenvalue weighted by Gasteiger charge is -2.31. The zero-order chi connectivity index (χ0) is 18.4. The number of nitrogens with two attached hydrogens (primary N) is 1. The largest absolute Gasteiger partial charge is 0.381 e. The van der Waals surface area contributed by atoms with Crippen LogP contribution in [0, 0.1) is 5.92 Å². The van der Waals surface area contributed by atoms with Crippen molar-refractivity contribution in [1.29, 1.82) is 0 Å². The Labute approximate surface area is 154 Å². The van der Waals surface area contributed by atoms with Gasteiger partial charge in [0, 0.05) is 31.4 Å². The van der Waals surface area contributed by atoms with Crippen LogP contribution in [0.2, 0.25) is 0 Å². The van der Waals surface area contributed by atoms with Crippen molar-refractivity contribution >= 4 is 17.5 Å². The number of amides is 2. The van der Waals surface area contributed by atoms with E-state index in [9.17, 15) is 9.59 Å². The Hall–Kier alpha value is -1.92. The van der Waals surface area contributed by atoms with Crippen LogP contribution in [-0.2, 0) is 20.9 Å². The Balaban J connectivity index is 1.53. The van der Waals surface area contributed by atoms with E-state index in [-0.39, 0.29) is 17.7 Å². The number of carbonyl (C=O) groups is 2. The molecule has 2 fully saturated rings. The molecule has 0 unspecified atom stereocenters. The average molecular weight is 359 g/mol. The second-order valence-electron chi connectivity index (χ2n) is 7.48. The van der Waals surface area contributed by atoms with Gasteiger partial charge < -0.3 is 21.1 Å². The molecule has 1 aliphatic carbocycles. The van der Waals surface area contributed by atoms with E-state index >= 15 is 0 Å². The van der Waals surface area contributed by atoms with E-state index in [4.69, 9.17) is 10.5 Å². The highest BCUT2D eigenvalue weighted by molar-refractivity contribution is 5.92. The lowest BCUT2D eigenvalue weighted by molar-refractivity contribution is -0.130. The monoisotopic (exact) mass is 359 g/mol. The summed E-state index contributed by atoms with van der Waals surface area (Å²) in [5, 5.41) is 5.94. The molecule has 6 nitrogen and oxygen atoms in total. The summed E-state index contributed by atoms with van der Waals surface area (Å²) in [6, 6.07) is 7.62. The number of benzene rings is 1. The summed E-state index contributed by atoms with van der Waals surface area (Å²) in [7, 11) is 0. The molecule has 142 valence electrons. The highest BCUT2D eigenvalue weighted by Gasteiger charge is 2.35. The highest BCUT2D eigenvalue weighted by Crippen LogP contribution is 2.25. The first-order valence-electron chi connectivity index (χ1n) is 9.62. The van der Waals surface area contributed by atoms with Gasteiger partial charge in [-0.05, 0) is 43.4 Å². The van der Waals surface area contributed by atoms with Gasteiger partial charge in [-0.2, -0.15) is 0 Å². The molecule has 1 aliphatic heterocycles. The fraction of sp³-hybridized carbons (Fsp3) is 0.600. The molecule has 1 aromatic carbocycles. The molecule has 0 bridgehead atoms. The molecule has 2 aliphatic rings. The van der Waals surface area contributed by atoms with Gasteiger partial charge in [-0.25, -0.2) is 0 Å². The van der Waals surface area contributed by atoms with Gasteiger partial charge >= 0.3 is 0 Å². The molecule has 3 rings (SSSR count). The van der Waals surface area contributed by atoms with Crippen LogP contribution in [0.3, 0.4) is 0 Å². The van der Waals surface area contributed by atoms with Crippen molar-refractivity contribution in [2.24, 2.45) is 11.7 Å². The molecule has 6 heteroatoms. The Morgan fingerprint density at radius 3 is 2.62 bits per heavy atom. The van der Waals surface area contributed by atoms with Gasteiger partial charge in [-0.15, -0.1) is 0 Å². The van der Waals surface area contributed by atoms with Gasteiger partial charge in [0.25, 0.3) is 0 Å². The number of hydrogen-bond acceptors (Lipinski definition) is 4. The lowest BCUT2D eigenvalue weighted by Crippen LogP contribution is -2.56. The fourth-order valence-electron chi connectivity index (χ4n) is 3.69. The van der Waals surface area contributed by atoms with Crippen molar-refractivity contribution in [3.05, 3.63) is 29.8 Å². The van der Waals surface area contributed by atoms with E-state index in [0.29, 0.717) is 32.6 Å². The minimum Gasteiger partial charge on any atom is -0.381 e. The topological polar surface area (TPSA) is 93.5 Å². The van der Waals surface area contributed by atoms with E-state index in [1.165, 1.54) is 6.42 Å². The van der Waals surface area contributed by atoms with Crippen LogP contribution in [0.1, 0.15) is 50.5 Å². The Morgan fingerprint density at radius 2 is 1.88 bits per heavy atom. The maximum Gasteiger partial charge on any atom is 0.240 e. The summed E-state index contributed by atoms with van der Waals surface area (Å²) in [6.45, 7) is 1.44. The van der Waals surface area contributed by atoms with E-state index in [0.717, 1.165) is 36.9 Å². The molecule has 26 heavy (non-hydrogen) atoms. The van der Waals surface area contributed by atoms with E-state index < -0.39 is 5.54 Å². The van der Waals surface area contributed by atoms with Crippen LogP contribution in [-0.4, -0.2) is 30.6 Å².